The van der Waals surface area contributed by atoms with Crippen LogP contribution in [0.1, 0.15) is 63.5 Å². The number of carbonyl (C=O) groups excluding carboxylic acids is 3. The Labute approximate surface area is 163 Å². The van der Waals surface area contributed by atoms with Crippen molar-refractivity contribution in [3.63, 3.8) is 0 Å². The zero-order chi connectivity index (χ0) is 20.2. The first-order chi connectivity index (χ1) is 13.2. The van der Waals surface area contributed by atoms with E-state index in [1.165, 1.54) is 19.9 Å². The molecule has 0 heterocycles. The predicted octanol–water partition coefficient (Wildman–Crippen LogP) is 3.72. The zero-order valence-electron chi connectivity index (χ0n) is 16.4. The first-order valence-electron chi connectivity index (χ1n) is 9.93. The summed E-state index contributed by atoms with van der Waals surface area (Å²) in [5.74, 6) is -0.827. The number of ether oxygens (including phenoxy) is 2. The smallest absolute Gasteiger partial charge is 0.308 e. The monoisotopic (exact) mass is 388 g/mol. The van der Waals surface area contributed by atoms with Gasteiger partial charge in [0, 0.05) is 19.3 Å². The molecule has 0 saturated heterocycles. The van der Waals surface area contributed by atoms with E-state index in [-0.39, 0.29) is 29.3 Å². The molecule has 0 N–H and O–H groups in total. The van der Waals surface area contributed by atoms with Gasteiger partial charge in [0.2, 0.25) is 0 Å². The molecular formula is C22H25FO5. The number of esters is 2. The van der Waals surface area contributed by atoms with Crippen LogP contribution in [-0.4, -0.2) is 23.8 Å². The molecule has 0 bridgehead atoms. The standard InChI is InChI=1S/C22H25FO5/c1-11(24)27-18-7-6-13-14-8-9-22(3)17(10-19(21(22)26)28-12(2)25)15(14)4-5-16(13)20(18)23/h6-7,14-15,17,19H,4-5,8-10H2,1-3H3/t14-,15-,17+,19+,22+/m1/s1. The molecule has 2 saturated carbocycles. The number of benzene rings is 1. The van der Waals surface area contributed by atoms with Crippen molar-refractivity contribution in [3.8, 4) is 5.75 Å². The minimum Gasteiger partial charge on any atom is -0.455 e. The van der Waals surface area contributed by atoms with E-state index >= 15 is 0 Å². The van der Waals surface area contributed by atoms with Gasteiger partial charge in [-0.1, -0.05) is 13.0 Å². The molecule has 6 heteroatoms. The minimum absolute atomic E-state index is 0.0173. The summed E-state index contributed by atoms with van der Waals surface area (Å²) in [6.45, 7) is 4.59. The van der Waals surface area contributed by atoms with Gasteiger partial charge in [-0.05, 0) is 67.1 Å². The highest BCUT2D eigenvalue weighted by Crippen LogP contribution is 2.60. The minimum atomic E-state index is -0.657. The molecule has 3 aliphatic rings. The summed E-state index contributed by atoms with van der Waals surface area (Å²) in [4.78, 5) is 35.5. The number of carbonyl (C=O) groups is 3. The molecular weight excluding hydrogens is 363 g/mol. The summed E-state index contributed by atoms with van der Waals surface area (Å²) in [6.07, 6.45) is 2.74. The Balaban J connectivity index is 1.65. The van der Waals surface area contributed by atoms with Crippen LogP contribution in [0.25, 0.3) is 0 Å². The van der Waals surface area contributed by atoms with Gasteiger partial charge >= 0.3 is 11.9 Å². The van der Waals surface area contributed by atoms with Crippen LogP contribution >= 0.6 is 0 Å². The summed E-state index contributed by atoms with van der Waals surface area (Å²) in [5, 5.41) is 0. The van der Waals surface area contributed by atoms with Crippen molar-refractivity contribution in [2.24, 2.45) is 17.3 Å². The Bertz CT molecular complexity index is 863. The lowest BCUT2D eigenvalue weighted by molar-refractivity contribution is -0.153. The first kappa shape index (κ1) is 19.1. The van der Waals surface area contributed by atoms with E-state index in [1.807, 2.05) is 13.0 Å². The quantitative estimate of drug-likeness (QED) is 0.571. The molecule has 0 amide bonds. The molecule has 28 heavy (non-hydrogen) atoms. The van der Waals surface area contributed by atoms with Crippen molar-refractivity contribution >= 4 is 17.7 Å². The van der Waals surface area contributed by atoms with E-state index in [2.05, 4.69) is 0 Å². The number of hydrogen-bond acceptors (Lipinski definition) is 5. The highest BCUT2D eigenvalue weighted by atomic mass is 19.1. The number of fused-ring (bicyclic) bond motifs is 5. The second-order valence-electron chi connectivity index (χ2n) is 8.61. The molecule has 1 aromatic carbocycles. The molecule has 0 aromatic heterocycles. The van der Waals surface area contributed by atoms with E-state index in [4.69, 9.17) is 9.47 Å². The fourth-order valence-corrected chi connectivity index (χ4v) is 5.91. The van der Waals surface area contributed by atoms with Crippen LogP contribution in [0.15, 0.2) is 12.1 Å². The van der Waals surface area contributed by atoms with Gasteiger partial charge in [-0.3, -0.25) is 14.4 Å². The van der Waals surface area contributed by atoms with Crippen molar-refractivity contribution in [2.45, 2.75) is 64.9 Å². The summed E-state index contributed by atoms with van der Waals surface area (Å²) in [5.41, 5.74) is 1.12. The summed E-state index contributed by atoms with van der Waals surface area (Å²) < 4.78 is 25.2. The molecule has 5 nitrogen and oxygen atoms in total. The van der Waals surface area contributed by atoms with E-state index in [0.717, 1.165) is 18.4 Å². The topological polar surface area (TPSA) is 69.7 Å². The third-order valence-electron chi connectivity index (χ3n) is 7.08. The number of ketones is 1. The number of rotatable bonds is 2. The second-order valence-corrected chi connectivity index (χ2v) is 8.61. The average Bonchev–Trinajstić information content (AvgIpc) is 2.88. The van der Waals surface area contributed by atoms with Crippen LogP contribution < -0.4 is 4.74 Å². The van der Waals surface area contributed by atoms with Gasteiger partial charge in [-0.25, -0.2) is 4.39 Å². The van der Waals surface area contributed by atoms with Crippen molar-refractivity contribution in [2.75, 3.05) is 0 Å². The second kappa shape index (κ2) is 6.68. The normalized spacial score (nSPS) is 33.5. The van der Waals surface area contributed by atoms with Crippen molar-refractivity contribution in [3.05, 3.63) is 29.1 Å². The maximum Gasteiger partial charge on any atom is 0.308 e. The molecule has 0 aliphatic heterocycles. The van der Waals surface area contributed by atoms with Crippen LogP contribution in [0.2, 0.25) is 0 Å². The van der Waals surface area contributed by atoms with Crippen LogP contribution in [0, 0.1) is 23.1 Å². The number of halogens is 1. The Morgan fingerprint density at radius 1 is 1.18 bits per heavy atom. The van der Waals surface area contributed by atoms with E-state index in [0.29, 0.717) is 24.8 Å². The van der Waals surface area contributed by atoms with E-state index in [1.54, 1.807) is 0 Å². The first-order valence-corrected chi connectivity index (χ1v) is 9.93. The van der Waals surface area contributed by atoms with Crippen LogP contribution in [-0.2, 0) is 25.5 Å². The van der Waals surface area contributed by atoms with Crippen LogP contribution in [0.5, 0.6) is 5.75 Å². The van der Waals surface area contributed by atoms with E-state index < -0.39 is 29.3 Å². The van der Waals surface area contributed by atoms with Gasteiger partial charge in [0.15, 0.2) is 23.5 Å². The van der Waals surface area contributed by atoms with Crippen molar-refractivity contribution in [1.82, 2.24) is 0 Å². The fourth-order valence-electron chi connectivity index (χ4n) is 5.91. The highest BCUT2D eigenvalue weighted by Gasteiger charge is 2.59. The van der Waals surface area contributed by atoms with Crippen molar-refractivity contribution < 1.29 is 28.2 Å². The largest absolute Gasteiger partial charge is 0.455 e. The summed E-state index contributed by atoms with van der Waals surface area (Å²) in [7, 11) is 0. The summed E-state index contributed by atoms with van der Waals surface area (Å²) in [6, 6.07) is 3.41. The highest BCUT2D eigenvalue weighted by molar-refractivity contribution is 5.93. The third kappa shape index (κ3) is 2.85. The maximum absolute atomic E-state index is 14.9. The van der Waals surface area contributed by atoms with Gasteiger partial charge in [0.05, 0.1) is 0 Å². The SMILES string of the molecule is CC(=O)Oc1ccc2c(c1F)CC[C@@H]1[C@@H]2CC[C@]2(C)C(=O)[C@@H](OC(C)=O)C[C@@H]12. The lowest BCUT2D eigenvalue weighted by Gasteiger charge is -2.48. The lowest BCUT2D eigenvalue weighted by atomic mass is 9.55. The fraction of sp³-hybridized carbons (Fsp3) is 0.591. The molecule has 4 rings (SSSR count). The van der Waals surface area contributed by atoms with Crippen molar-refractivity contribution in [1.29, 1.82) is 0 Å². The van der Waals surface area contributed by atoms with Gasteiger partial charge in [-0.15, -0.1) is 0 Å². The third-order valence-corrected chi connectivity index (χ3v) is 7.08. The number of hydrogen-bond donors (Lipinski definition) is 0. The number of Topliss-reactive ketones (excluding diaryl/α,β-unsaturated/α-hetero) is 1. The van der Waals surface area contributed by atoms with E-state index in [9.17, 15) is 18.8 Å². The van der Waals surface area contributed by atoms with Crippen LogP contribution in [0.4, 0.5) is 4.39 Å². The molecule has 5 atom stereocenters. The molecule has 0 unspecified atom stereocenters. The summed E-state index contributed by atoms with van der Waals surface area (Å²) >= 11 is 0. The molecule has 3 aliphatic carbocycles. The van der Waals surface area contributed by atoms with Gasteiger partial charge in [0.1, 0.15) is 0 Å². The van der Waals surface area contributed by atoms with Gasteiger partial charge in [-0.2, -0.15) is 0 Å². The molecule has 150 valence electrons. The molecule has 1 aromatic rings. The lowest BCUT2D eigenvalue weighted by Crippen LogP contribution is -2.43. The maximum atomic E-state index is 14.9. The zero-order valence-corrected chi connectivity index (χ0v) is 16.4. The Morgan fingerprint density at radius 3 is 2.61 bits per heavy atom. The Hall–Kier alpha value is -2.24. The Morgan fingerprint density at radius 2 is 1.93 bits per heavy atom. The Kier molecular flexibility index (Phi) is 4.55. The predicted molar refractivity (Wildman–Crippen MR) is 98.3 cm³/mol. The molecule has 0 spiro atoms. The van der Waals surface area contributed by atoms with Crippen LogP contribution in [0.3, 0.4) is 0 Å². The molecule has 2 fully saturated rings. The van der Waals surface area contributed by atoms with Gasteiger partial charge in [0.25, 0.3) is 0 Å². The van der Waals surface area contributed by atoms with Gasteiger partial charge < -0.3 is 9.47 Å². The average molecular weight is 388 g/mol. The molecule has 0 radical (unpaired) electrons.